The van der Waals surface area contributed by atoms with E-state index in [1.807, 2.05) is 0 Å². The molecule has 0 N–H and O–H groups in total. The highest BCUT2D eigenvalue weighted by Gasteiger charge is 2.16. The van der Waals surface area contributed by atoms with E-state index in [2.05, 4.69) is 4.98 Å². The number of aryl methyl sites for hydroxylation is 1. The van der Waals surface area contributed by atoms with Gasteiger partial charge in [-0.2, -0.15) is 0 Å². The van der Waals surface area contributed by atoms with E-state index in [0.717, 1.165) is 0 Å². The lowest BCUT2D eigenvalue weighted by Gasteiger charge is -2.11. The third-order valence-corrected chi connectivity index (χ3v) is 3.76. The number of halogens is 1. The molecule has 0 aliphatic heterocycles. The number of hydrogen-bond acceptors (Lipinski definition) is 5. The second-order valence-corrected chi connectivity index (χ2v) is 5.55. The quantitative estimate of drug-likeness (QED) is 0.374. The Balaban J connectivity index is 2.55. The topological polar surface area (TPSA) is 78.0 Å². The molecule has 0 amide bonds. The van der Waals surface area contributed by atoms with Gasteiger partial charge < -0.3 is 0 Å². The summed E-state index contributed by atoms with van der Waals surface area (Å²) in [7, 11) is 0. The summed E-state index contributed by atoms with van der Waals surface area (Å²) in [6, 6.07) is 5.68. The fourth-order valence-electron chi connectivity index (χ4n) is 1.92. The summed E-state index contributed by atoms with van der Waals surface area (Å²) in [6.45, 7) is 1.78. The van der Waals surface area contributed by atoms with E-state index in [0.29, 0.717) is 21.4 Å². The minimum absolute atomic E-state index is 0.0547. The largest absolute Gasteiger partial charge is 0.283 e. The van der Waals surface area contributed by atoms with Crippen LogP contribution >= 0.6 is 23.4 Å². The maximum absolute atomic E-state index is 12.1. The van der Waals surface area contributed by atoms with Crippen molar-refractivity contribution in [3.8, 4) is 0 Å². The Bertz CT molecular complexity index is 761. The first kappa shape index (κ1) is 15.5. The number of nitro groups is 1. The van der Waals surface area contributed by atoms with Crippen LogP contribution in [0.5, 0.6) is 0 Å². The Kier molecular flexibility index (Phi) is 4.64. The smallest absolute Gasteiger partial charge is 0.274 e. The fourth-order valence-corrected chi connectivity index (χ4v) is 2.73. The average Bonchev–Trinajstić information content (AvgIpc) is 2.41. The van der Waals surface area contributed by atoms with Crippen molar-refractivity contribution in [3.63, 3.8) is 0 Å². The normalized spacial score (nSPS) is 10.6. The van der Waals surface area contributed by atoms with Gasteiger partial charge in [-0.05, 0) is 25.3 Å². The van der Waals surface area contributed by atoms with Gasteiger partial charge in [-0.3, -0.25) is 19.5 Å². The van der Waals surface area contributed by atoms with Crippen LogP contribution in [0.3, 0.4) is 0 Å². The van der Waals surface area contributed by atoms with E-state index in [-0.39, 0.29) is 17.8 Å². The molecule has 1 aromatic heterocycles. The maximum atomic E-state index is 12.1. The number of nitrogens with zero attached hydrogens (tertiary/aromatic N) is 3. The number of benzene rings is 1. The third kappa shape index (κ3) is 3.43. The van der Waals surface area contributed by atoms with Crippen molar-refractivity contribution < 1.29 is 4.92 Å². The molecule has 0 saturated carbocycles. The zero-order chi connectivity index (χ0) is 15.6. The van der Waals surface area contributed by atoms with Crippen molar-refractivity contribution in [2.75, 3.05) is 6.26 Å². The van der Waals surface area contributed by atoms with Crippen LogP contribution in [0, 0.1) is 17.0 Å². The van der Waals surface area contributed by atoms with Gasteiger partial charge in [0.15, 0.2) is 5.16 Å². The second kappa shape index (κ2) is 6.28. The molecule has 1 heterocycles. The highest BCUT2D eigenvalue weighted by atomic mass is 35.5. The Hall–Kier alpha value is -1.86. The molecule has 6 nitrogen and oxygen atoms in total. The van der Waals surface area contributed by atoms with Gasteiger partial charge in [-0.1, -0.05) is 23.4 Å². The zero-order valence-corrected chi connectivity index (χ0v) is 12.9. The van der Waals surface area contributed by atoms with Crippen LogP contribution in [0.25, 0.3) is 0 Å². The van der Waals surface area contributed by atoms with E-state index < -0.39 is 4.92 Å². The Morgan fingerprint density at radius 1 is 1.43 bits per heavy atom. The summed E-state index contributed by atoms with van der Waals surface area (Å²) in [6.07, 6.45) is 1.80. The lowest BCUT2D eigenvalue weighted by molar-refractivity contribution is -0.385. The minimum atomic E-state index is -0.489. The van der Waals surface area contributed by atoms with E-state index in [1.165, 1.54) is 40.6 Å². The molecule has 0 saturated heterocycles. The molecule has 21 heavy (non-hydrogen) atoms. The summed E-state index contributed by atoms with van der Waals surface area (Å²) in [4.78, 5) is 26.9. The first-order valence-corrected chi connectivity index (χ1v) is 7.58. The molecule has 0 spiro atoms. The van der Waals surface area contributed by atoms with Crippen LogP contribution < -0.4 is 5.56 Å². The summed E-state index contributed by atoms with van der Waals surface area (Å²) < 4.78 is 1.40. The van der Waals surface area contributed by atoms with Crippen LogP contribution in [-0.4, -0.2) is 20.7 Å². The van der Waals surface area contributed by atoms with Crippen molar-refractivity contribution >= 4 is 29.1 Å². The second-order valence-electron chi connectivity index (χ2n) is 4.34. The van der Waals surface area contributed by atoms with Gasteiger partial charge in [0.2, 0.25) is 0 Å². The molecule has 0 radical (unpaired) electrons. The molecule has 2 rings (SSSR count). The minimum Gasteiger partial charge on any atom is -0.283 e. The molecular weight excluding hydrogens is 314 g/mol. The van der Waals surface area contributed by atoms with Crippen molar-refractivity contribution in [2.45, 2.75) is 18.6 Å². The molecular formula is C13H12ClN3O3S. The van der Waals surface area contributed by atoms with Crippen LogP contribution in [0.4, 0.5) is 5.69 Å². The molecule has 8 heteroatoms. The summed E-state index contributed by atoms with van der Waals surface area (Å²) in [5.41, 5.74) is 0.664. The Labute approximate surface area is 129 Å². The van der Waals surface area contributed by atoms with Crippen molar-refractivity contribution in [1.29, 1.82) is 0 Å². The van der Waals surface area contributed by atoms with E-state index >= 15 is 0 Å². The summed E-state index contributed by atoms with van der Waals surface area (Å²) in [5.74, 6) is 0. The molecule has 0 bridgehead atoms. The predicted octanol–water partition coefficient (Wildman–Crippen LogP) is 2.88. The third-order valence-electron chi connectivity index (χ3n) is 2.85. The van der Waals surface area contributed by atoms with Gasteiger partial charge in [-0.15, -0.1) is 0 Å². The van der Waals surface area contributed by atoms with Gasteiger partial charge in [-0.25, -0.2) is 4.98 Å². The number of nitro benzene ring substituents is 1. The van der Waals surface area contributed by atoms with Crippen molar-refractivity contribution in [3.05, 3.63) is 61.0 Å². The first-order chi connectivity index (χ1) is 9.92. The lowest BCUT2D eigenvalue weighted by atomic mass is 10.2. The molecule has 1 aromatic carbocycles. The number of rotatable bonds is 4. The molecule has 0 atom stereocenters. The Morgan fingerprint density at radius 2 is 2.14 bits per heavy atom. The molecule has 110 valence electrons. The summed E-state index contributed by atoms with van der Waals surface area (Å²) in [5, 5.41) is 12.0. The van der Waals surface area contributed by atoms with Gasteiger partial charge in [0, 0.05) is 22.8 Å². The molecule has 0 unspecified atom stereocenters. The van der Waals surface area contributed by atoms with Gasteiger partial charge in [0.05, 0.1) is 17.0 Å². The SMILES string of the molecule is CSc1nc(C)cc(=O)n1Cc1cc(Cl)ccc1[N+](=O)[O-]. The highest BCUT2D eigenvalue weighted by Crippen LogP contribution is 2.24. The van der Waals surface area contributed by atoms with Gasteiger partial charge >= 0.3 is 0 Å². The Morgan fingerprint density at radius 3 is 2.76 bits per heavy atom. The van der Waals surface area contributed by atoms with E-state index in [4.69, 9.17) is 11.6 Å². The van der Waals surface area contributed by atoms with Crippen LogP contribution in [0.1, 0.15) is 11.3 Å². The highest BCUT2D eigenvalue weighted by molar-refractivity contribution is 7.98. The molecule has 0 aliphatic rings. The van der Waals surface area contributed by atoms with Crippen molar-refractivity contribution in [2.24, 2.45) is 0 Å². The molecule has 0 aliphatic carbocycles. The number of hydrogen-bond donors (Lipinski definition) is 0. The predicted molar refractivity (Wildman–Crippen MR) is 82.2 cm³/mol. The maximum Gasteiger partial charge on any atom is 0.274 e. The van der Waals surface area contributed by atoms with Crippen LogP contribution in [-0.2, 0) is 6.54 Å². The van der Waals surface area contributed by atoms with Crippen LogP contribution in [0.2, 0.25) is 5.02 Å². The van der Waals surface area contributed by atoms with E-state index in [9.17, 15) is 14.9 Å². The monoisotopic (exact) mass is 325 g/mol. The number of thioether (sulfide) groups is 1. The van der Waals surface area contributed by atoms with Crippen molar-refractivity contribution in [1.82, 2.24) is 9.55 Å². The van der Waals surface area contributed by atoms with Gasteiger partial charge in [0.25, 0.3) is 11.2 Å². The lowest BCUT2D eigenvalue weighted by Crippen LogP contribution is -2.23. The first-order valence-electron chi connectivity index (χ1n) is 5.97. The molecule has 0 fully saturated rings. The standard InChI is InChI=1S/C13H12ClN3O3S/c1-8-5-12(18)16(13(15-8)21-2)7-9-6-10(14)3-4-11(9)17(19)20/h3-6H,7H2,1-2H3. The number of aromatic nitrogens is 2. The summed E-state index contributed by atoms with van der Waals surface area (Å²) >= 11 is 7.21. The molecule has 2 aromatic rings. The fraction of sp³-hybridized carbons (Fsp3) is 0.231. The average molecular weight is 326 g/mol. The van der Waals surface area contributed by atoms with Gasteiger partial charge in [0.1, 0.15) is 0 Å². The van der Waals surface area contributed by atoms with E-state index in [1.54, 1.807) is 13.2 Å². The zero-order valence-electron chi connectivity index (χ0n) is 11.4. The van der Waals surface area contributed by atoms with Crippen LogP contribution in [0.15, 0.2) is 34.2 Å².